The summed E-state index contributed by atoms with van der Waals surface area (Å²) in [6.07, 6.45) is 1.14. The molecule has 3 atom stereocenters. The zero-order chi connectivity index (χ0) is 33.1. The smallest absolute Gasteiger partial charge is 0.321 e. The SMILES string of the molecule is C[C@@H]1CN([C@H](C)CO)C(=O)c2cccc(NC(=O)c3ccc(-c4nccs4)cc3)c2O[C@@H]1CN(C)C(=O)Nc1ccc2c(c1)OCO2. The van der Waals surface area contributed by atoms with Crippen LogP contribution in [0, 0.1) is 5.92 Å². The number of hydrogen-bond acceptors (Lipinski definition) is 9. The number of thiazole rings is 1. The Hall–Kier alpha value is -5.14. The van der Waals surface area contributed by atoms with Crippen molar-refractivity contribution in [3.8, 4) is 27.8 Å². The minimum absolute atomic E-state index is 0.126. The van der Waals surface area contributed by atoms with E-state index in [0.29, 0.717) is 28.4 Å². The Labute approximate surface area is 275 Å². The van der Waals surface area contributed by atoms with Crippen LogP contribution >= 0.6 is 11.3 Å². The summed E-state index contributed by atoms with van der Waals surface area (Å²) in [4.78, 5) is 47.9. The number of carbonyl (C=O) groups excluding carboxylic acids is 3. The highest BCUT2D eigenvalue weighted by Gasteiger charge is 2.35. The highest BCUT2D eigenvalue weighted by Crippen LogP contribution is 2.36. The number of ether oxygens (including phenoxy) is 3. The van der Waals surface area contributed by atoms with Gasteiger partial charge in [-0.25, -0.2) is 9.78 Å². The highest BCUT2D eigenvalue weighted by molar-refractivity contribution is 7.13. The molecule has 2 aliphatic heterocycles. The van der Waals surface area contributed by atoms with Crippen LogP contribution in [0.2, 0.25) is 0 Å². The number of urea groups is 1. The molecule has 0 spiro atoms. The molecule has 1 aromatic heterocycles. The van der Waals surface area contributed by atoms with Crippen molar-refractivity contribution >= 4 is 40.6 Å². The third-order valence-electron chi connectivity index (χ3n) is 8.19. The minimum Gasteiger partial charge on any atom is -0.485 e. The van der Waals surface area contributed by atoms with E-state index in [4.69, 9.17) is 14.2 Å². The zero-order valence-corrected chi connectivity index (χ0v) is 27.0. The van der Waals surface area contributed by atoms with Gasteiger partial charge in [0.15, 0.2) is 17.2 Å². The number of aliphatic hydroxyl groups excluding tert-OH is 1. The predicted octanol–water partition coefficient (Wildman–Crippen LogP) is 5.18. The Morgan fingerprint density at radius 1 is 1.11 bits per heavy atom. The number of rotatable bonds is 8. The van der Waals surface area contributed by atoms with Gasteiger partial charge in [-0.3, -0.25) is 9.59 Å². The molecule has 12 nitrogen and oxygen atoms in total. The van der Waals surface area contributed by atoms with Gasteiger partial charge < -0.3 is 39.8 Å². The first kappa shape index (κ1) is 31.8. The van der Waals surface area contributed by atoms with E-state index >= 15 is 0 Å². The fraction of sp³-hybridized carbons (Fsp3) is 0.294. The number of amides is 4. The summed E-state index contributed by atoms with van der Waals surface area (Å²) in [6, 6.07) is 16.4. The van der Waals surface area contributed by atoms with Gasteiger partial charge in [0.25, 0.3) is 11.8 Å². The van der Waals surface area contributed by atoms with Crippen LogP contribution in [0.3, 0.4) is 0 Å². The summed E-state index contributed by atoms with van der Waals surface area (Å²) in [7, 11) is 1.65. The number of hydrogen-bond donors (Lipinski definition) is 3. The molecular weight excluding hydrogens is 622 g/mol. The number of likely N-dealkylation sites (N-methyl/N-ethyl adjacent to an activating group) is 1. The second-order valence-corrected chi connectivity index (χ2v) is 12.4. The van der Waals surface area contributed by atoms with Crippen molar-refractivity contribution in [2.45, 2.75) is 26.0 Å². The molecule has 244 valence electrons. The molecule has 4 amide bonds. The Balaban J connectivity index is 1.25. The molecule has 3 aromatic carbocycles. The zero-order valence-electron chi connectivity index (χ0n) is 26.1. The maximum absolute atomic E-state index is 13.8. The van der Waals surface area contributed by atoms with Crippen LogP contribution < -0.4 is 24.8 Å². The molecular formula is C34H35N5O7S. The predicted molar refractivity (Wildman–Crippen MR) is 177 cm³/mol. The average molecular weight is 658 g/mol. The molecule has 13 heteroatoms. The van der Waals surface area contributed by atoms with Gasteiger partial charge in [-0.2, -0.15) is 0 Å². The van der Waals surface area contributed by atoms with Crippen molar-refractivity contribution in [3.63, 3.8) is 0 Å². The van der Waals surface area contributed by atoms with Gasteiger partial charge in [0.1, 0.15) is 11.1 Å². The largest absolute Gasteiger partial charge is 0.485 e. The molecule has 3 N–H and O–H groups in total. The molecule has 47 heavy (non-hydrogen) atoms. The van der Waals surface area contributed by atoms with E-state index in [9.17, 15) is 19.5 Å². The number of carbonyl (C=O) groups is 3. The first-order valence-corrected chi connectivity index (χ1v) is 16.0. The van der Waals surface area contributed by atoms with Crippen molar-refractivity contribution in [3.05, 3.63) is 83.4 Å². The number of nitrogens with zero attached hydrogens (tertiary/aromatic N) is 3. The molecule has 2 aliphatic rings. The highest BCUT2D eigenvalue weighted by atomic mass is 32.1. The summed E-state index contributed by atoms with van der Waals surface area (Å²) in [6.45, 7) is 4.03. The lowest BCUT2D eigenvalue weighted by molar-refractivity contribution is 0.0372. The van der Waals surface area contributed by atoms with Crippen LogP contribution in [0.15, 0.2) is 72.2 Å². The van der Waals surface area contributed by atoms with E-state index in [2.05, 4.69) is 15.6 Å². The van der Waals surface area contributed by atoms with Gasteiger partial charge >= 0.3 is 6.03 Å². The minimum atomic E-state index is -0.585. The summed E-state index contributed by atoms with van der Waals surface area (Å²) in [5.74, 6) is 0.383. The van der Waals surface area contributed by atoms with Crippen molar-refractivity contribution in [1.82, 2.24) is 14.8 Å². The van der Waals surface area contributed by atoms with Crippen molar-refractivity contribution < 1.29 is 33.7 Å². The summed E-state index contributed by atoms with van der Waals surface area (Å²) < 4.78 is 17.3. The number of fused-ring (bicyclic) bond motifs is 2. The van der Waals surface area contributed by atoms with Gasteiger partial charge in [0.05, 0.1) is 30.4 Å². The second-order valence-electron chi connectivity index (χ2n) is 11.6. The molecule has 0 unspecified atom stereocenters. The fourth-order valence-electron chi connectivity index (χ4n) is 5.43. The summed E-state index contributed by atoms with van der Waals surface area (Å²) in [5, 5.41) is 18.5. The normalized spacial score (nSPS) is 17.5. The van der Waals surface area contributed by atoms with Crippen LogP contribution in [-0.2, 0) is 0 Å². The second kappa shape index (κ2) is 13.7. The van der Waals surface area contributed by atoms with E-state index in [-0.39, 0.29) is 61.6 Å². The molecule has 0 bridgehead atoms. The molecule has 0 fully saturated rings. The number of aromatic nitrogens is 1. The number of nitrogens with one attached hydrogen (secondary N) is 2. The Kier molecular flexibility index (Phi) is 9.27. The van der Waals surface area contributed by atoms with E-state index in [1.54, 1.807) is 73.6 Å². The number of aliphatic hydroxyl groups is 1. The van der Waals surface area contributed by atoms with Crippen LogP contribution in [0.5, 0.6) is 17.2 Å². The van der Waals surface area contributed by atoms with Crippen LogP contribution in [0.1, 0.15) is 34.6 Å². The maximum atomic E-state index is 13.8. The third kappa shape index (κ3) is 6.86. The van der Waals surface area contributed by atoms with Gasteiger partial charge in [0, 0.05) is 54.0 Å². The van der Waals surface area contributed by atoms with Gasteiger partial charge in [0.2, 0.25) is 6.79 Å². The molecule has 6 rings (SSSR count). The van der Waals surface area contributed by atoms with Gasteiger partial charge in [-0.05, 0) is 43.3 Å². The maximum Gasteiger partial charge on any atom is 0.321 e. The van der Waals surface area contributed by atoms with E-state index in [1.165, 1.54) is 16.2 Å². The summed E-state index contributed by atoms with van der Waals surface area (Å²) >= 11 is 1.51. The Morgan fingerprint density at radius 2 is 1.89 bits per heavy atom. The summed E-state index contributed by atoms with van der Waals surface area (Å²) in [5.41, 5.74) is 2.42. The van der Waals surface area contributed by atoms with E-state index in [1.807, 2.05) is 24.4 Å². The quantitative estimate of drug-likeness (QED) is 0.236. The number of benzene rings is 3. The Bertz CT molecular complexity index is 1770. The Morgan fingerprint density at radius 3 is 2.64 bits per heavy atom. The van der Waals surface area contributed by atoms with E-state index in [0.717, 1.165) is 10.6 Å². The van der Waals surface area contributed by atoms with Crippen LogP contribution in [0.4, 0.5) is 16.2 Å². The number of para-hydroxylation sites is 1. The van der Waals surface area contributed by atoms with Crippen molar-refractivity contribution in [2.24, 2.45) is 5.92 Å². The van der Waals surface area contributed by atoms with Crippen molar-refractivity contribution in [2.75, 3.05) is 44.2 Å². The first-order chi connectivity index (χ1) is 22.7. The molecule has 0 saturated heterocycles. The fourth-order valence-corrected chi connectivity index (χ4v) is 6.07. The van der Waals surface area contributed by atoms with Crippen molar-refractivity contribution in [1.29, 1.82) is 0 Å². The average Bonchev–Trinajstić information content (AvgIpc) is 3.79. The van der Waals surface area contributed by atoms with Gasteiger partial charge in [-0.1, -0.05) is 25.1 Å². The van der Waals surface area contributed by atoms with Gasteiger partial charge in [-0.15, -0.1) is 11.3 Å². The van der Waals surface area contributed by atoms with Crippen LogP contribution in [0.25, 0.3) is 10.6 Å². The first-order valence-electron chi connectivity index (χ1n) is 15.2. The van der Waals surface area contributed by atoms with Crippen LogP contribution in [-0.4, -0.2) is 83.4 Å². The lowest BCUT2D eigenvalue weighted by Gasteiger charge is -2.38. The lowest BCUT2D eigenvalue weighted by Crippen LogP contribution is -2.50. The standard InChI is InChI=1S/C34H35N5O7S/c1-20-16-39(21(2)18-40)33(42)25-5-4-6-26(37-31(41)22-7-9-23(10-8-22)32-35-13-14-47-32)30(25)46-29(20)17-38(3)34(43)36-24-11-12-27-28(15-24)45-19-44-27/h4-15,20-21,29,40H,16-19H2,1-3H3,(H,36,43)(H,37,41)/t20-,21-,29-/m1/s1. The molecule has 4 aromatic rings. The van der Waals surface area contributed by atoms with E-state index < -0.39 is 12.1 Å². The molecule has 0 aliphatic carbocycles. The monoisotopic (exact) mass is 657 g/mol. The topological polar surface area (TPSA) is 143 Å². The lowest BCUT2D eigenvalue weighted by atomic mass is 9.99. The molecule has 0 saturated carbocycles. The number of anilines is 2. The third-order valence-corrected chi connectivity index (χ3v) is 9.01. The molecule has 0 radical (unpaired) electrons. The molecule has 3 heterocycles.